The summed E-state index contributed by atoms with van der Waals surface area (Å²) in [7, 11) is 0. The van der Waals surface area contributed by atoms with Crippen molar-refractivity contribution in [3.05, 3.63) is 28.5 Å². The second kappa shape index (κ2) is 3.21. The lowest BCUT2D eigenvalue weighted by atomic mass is 10.1. The number of furan rings is 1. The van der Waals surface area contributed by atoms with Crippen LogP contribution in [0.25, 0.3) is 11.0 Å². The Kier molecular flexibility index (Phi) is 2.16. The van der Waals surface area contributed by atoms with Crippen molar-refractivity contribution in [2.45, 2.75) is 20.3 Å². The van der Waals surface area contributed by atoms with Crippen molar-refractivity contribution in [1.82, 2.24) is 0 Å². The number of benzene rings is 1. The highest BCUT2D eigenvalue weighted by Gasteiger charge is 2.11. The Bertz CT molecular complexity index is 485. The van der Waals surface area contributed by atoms with E-state index >= 15 is 0 Å². The topological polar surface area (TPSA) is 33.4 Å². The second-order valence-corrected chi connectivity index (χ2v) is 3.71. The first-order valence-electron chi connectivity index (χ1n) is 4.54. The maximum atomic E-state index is 9.45. The highest BCUT2D eigenvalue weighted by atomic mass is 35.5. The Labute approximate surface area is 87.1 Å². The summed E-state index contributed by atoms with van der Waals surface area (Å²) in [6.45, 7) is 4.02. The van der Waals surface area contributed by atoms with Gasteiger partial charge in [0.25, 0.3) is 0 Å². The van der Waals surface area contributed by atoms with Crippen molar-refractivity contribution < 1.29 is 9.52 Å². The summed E-state index contributed by atoms with van der Waals surface area (Å²) >= 11 is 5.78. The van der Waals surface area contributed by atoms with Gasteiger partial charge in [0, 0.05) is 17.9 Å². The summed E-state index contributed by atoms with van der Waals surface area (Å²) in [6.07, 6.45) is 0.846. The van der Waals surface area contributed by atoms with Crippen LogP contribution in [0, 0.1) is 6.92 Å². The van der Waals surface area contributed by atoms with E-state index in [2.05, 4.69) is 0 Å². The molecule has 1 aromatic carbocycles. The number of phenolic OH excluding ortho intramolecular Hbond substituents is 1. The molecule has 0 spiro atoms. The largest absolute Gasteiger partial charge is 0.506 e. The van der Waals surface area contributed by atoms with E-state index in [0.717, 1.165) is 28.7 Å². The molecule has 0 saturated heterocycles. The Hall–Kier alpha value is -1.15. The zero-order valence-electron chi connectivity index (χ0n) is 8.10. The van der Waals surface area contributed by atoms with Crippen LogP contribution < -0.4 is 0 Å². The standard InChI is InChI=1S/C11H11ClO2/c1-3-10-6(2)7-4-9(13)8(12)5-11(7)14-10/h4-5,13H,3H2,1-2H3. The third-order valence-electron chi connectivity index (χ3n) is 2.43. The normalized spacial score (nSPS) is 11.1. The number of aryl methyl sites for hydroxylation is 2. The summed E-state index contributed by atoms with van der Waals surface area (Å²) < 4.78 is 5.59. The molecule has 3 heteroatoms. The van der Waals surface area contributed by atoms with Gasteiger partial charge in [-0.2, -0.15) is 0 Å². The van der Waals surface area contributed by atoms with Gasteiger partial charge in [0.15, 0.2) is 0 Å². The van der Waals surface area contributed by atoms with Gasteiger partial charge >= 0.3 is 0 Å². The summed E-state index contributed by atoms with van der Waals surface area (Å²) in [5.41, 5.74) is 1.82. The van der Waals surface area contributed by atoms with Gasteiger partial charge in [0.2, 0.25) is 0 Å². The molecule has 0 fully saturated rings. The minimum absolute atomic E-state index is 0.103. The molecule has 0 amide bonds. The third-order valence-corrected chi connectivity index (χ3v) is 2.73. The van der Waals surface area contributed by atoms with Crippen molar-refractivity contribution >= 4 is 22.6 Å². The van der Waals surface area contributed by atoms with Gasteiger partial charge in [-0.25, -0.2) is 0 Å². The number of rotatable bonds is 1. The first kappa shape index (κ1) is 9.41. The molecule has 1 N–H and O–H groups in total. The fraction of sp³-hybridized carbons (Fsp3) is 0.273. The molecular formula is C11H11ClO2. The summed E-state index contributed by atoms with van der Waals surface area (Å²) in [5, 5.41) is 10.7. The molecule has 1 heterocycles. The lowest BCUT2D eigenvalue weighted by Crippen LogP contribution is -1.77. The Balaban J connectivity index is 2.80. The fourth-order valence-corrected chi connectivity index (χ4v) is 1.77. The van der Waals surface area contributed by atoms with Crippen molar-refractivity contribution in [3.8, 4) is 5.75 Å². The van der Waals surface area contributed by atoms with Gasteiger partial charge in [-0.1, -0.05) is 18.5 Å². The fourth-order valence-electron chi connectivity index (χ4n) is 1.62. The van der Waals surface area contributed by atoms with E-state index in [1.807, 2.05) is 13.8 Å². The van der Waals surface area contributed by atoms with Gasteiger partial charge in [0.1, 0.15) is 17.1 Å². The SMILES string of the molecule is CCc1oc2cc(Cl)c(O)cc2c1C. The predicted molar refractivity (Wildman–Crippen MR) is 57.0 cm³/mol. The van der Waals surface area contributed by atoms with E-state index in [9.17, 15) is 5.11 Å². The van der Waals surface area contributed by atoms with E-state index in [1.165, 1.54) is 0 Å². The molecule has 2 aromatic rings. The molecule has 0 aliphatic carbocycles. The minimum atomic E-state index is 0.103. The van der Waals surface area contributed by atoms with Crippen LogP contribution in [0.15, 0.2) is 16.5 Å². The molecule has 0 aliphatic heterocycles. The highest BCUT2D eigenvalue weighted by Crippen LogP contribution is 2.33. The molecule has 0 radical (unpaired) electrons. The van der Waals surface area contributed by atoms with Crippen LogP contribution in [-0.2, 0) is 6.42 Å². The number of aromatic hydroxyl groups is 1. The van der Waals surface area contributed by atoms with Crippen molar-refractivity contribution in [3.63, 3.8) is 0 Å². The molecule has 0 atom stereocenters. The van der Waals surface area contributed by atoms with Crippen molar-refractivity contribution in [1.29, 1.82) is 0 Å². The molecular weight excluding hydrogens is 200 g/mol. The molecule has 0 unspecified atom stereocenters. The van der Waals surface area contributed by atoms with Crippen molar-refractivity contribution in [2.24, 2.45) is 0 Å². The first-order valence-corrected chi connectivity index (χ1v) is 4.91. The third kappa shape index (κ3) is 1.26. The summed E-state index contributed by atoms with van der Waals surface area (Å²) in [4.78, 5) is 0. The minimum Gasteiger partial charge on any atom is -0.506 e. The second-order valence-electron chi connectivity index (χ2n) is 3.30. The predicted octanol–water partition coefficient (Wildman–Crippen LogP) is 3.66. The number of fused-ring (bicyclic) bond motifs is 1. The summed E-state index contributed by atoms with van der Waals surface area (Å²) in [6, 6.07) is 3.30. The van der Waals surface area contributed by atoms with Crippen molar-refractivity contribution in [2.75, 3.05) is 0 Å². The van der Waals surface area contributed by atoms with Crippen LogP contribution >= 0.6 is 11.6 Å². The van der Waals surface area contributed by atoms with Crippen LogP contribution in [-0.4, -0.2) is 5.11 Å². The molecule has 1 aromatic heterocycles. The van der Waals surface area contributed by atoms with Crippen LogP contribution in [0.3, 0.4) is 0 Å². The van der Waals surface area contributed by atoms with E-state index in [0.29, 0.717) is 5.02 Å². The van der Waals surface area contributed by atoms with Gasteiger partial charge in [-0.05, 0) is 18.6 Å². The molecule has 0 bridgehead atoms. The Morgan fingerprint density at radius 2 is 2.14 bits per heavy atom. The molecule has 74 valence electrons. The lowest BCUT2D eigenvalue weighted by molar-refractivity contribution is 0.476. The number of phenols is 1. The average Bonchev–Trinajstić information content (AvgIpc) is 2.45. The number of hydrogen-bond acceptors (Lipinski definition) is 2. The molecule has 2 rings (SSSR count). The van der Waals surface area contributed by atoms with Crippen LogP contribution in [0.2, 0.25) is 5.02 Å². The monoisotopic (exact) mass is 210 g/mol. The van der Waals surface area contributed by atoms with Crippen LogP contribution in [0.4, 0.5) is 0 Å². The van der Waals surface area contributed by atoms with E-state index < -0.39 is 0 Å². The molecule has 2 nitrogen and oxygen atoms in total. The van der Waals surface area contributed by atoms with Gasteiger partial charge in [-0.3, -0.25) is 0 Å². The average molecular weight is 211 g/mol. The number of hydrogen-bond donors (Lipinski definition) is 1. The zero-order chi connectivity index (χ0) is 10.3. The smallest absolute Gasteiger partial charge is 0.136 e. The lowest BCUT2D eigenvalue weighted by Gasteiger charge is -1.95. The van der Waals surface area contributed by atoms with E-state index in [4.69, 9.17) is 16.0 Å². The quantitative estimate of drug-likeness (QED) is 0.779. The Morgan fingerprint density at radius 1 is 1.43 bits per heavy atom. The summed E-state index contributed by atoms with van der Waals surface area (Å²) in [5.74, 6) is 1.05. The first-order chi connectivity index (χ1) is 6.63. The zero-order valence-corrected chi connectivity index (χ0v) is 8.85. The molecule has 0 aliphatic rings. The van der Waals surface area contributed by atoms with E-state index in [-0.39, 0.29) is 5.75 Å². The van der Waals surface area contributed by atoms with Crippen LogP contribution in [0.5, 0.6) is 5.75 Å². The Morgan fingerprint density at radius 3 is 2.79 bits per heavy atom. The van der Waals surface area contributed by atoms with Gasteiger partial charge in [0.05, 0.1) is 5.02 Å². The number of halogens is 1. The van der Waals surface area contributed by atoms with Crippen LogP contribution in [0.1, 0.15) is 18.2 Å². The van der Waals surface area contributed by atoms with Gasteiger partial charge in [-0.15, -0.1) is 0 Å². The van der Waals surface area contributed by atoms with Gasteiger partial charge < -0.3 is 9.52 Å². The maximum Gasteiger partial charge on any atom is 0.136 e. The molecule has 14 heavy (non-hydrogen) atoms. The maximum absolute atomic E-state index is 9.45. The van der Waals surface area contributed by atoms with E-state index in [1.54, 1.807) is 12.1 Å². The molecule has 0 saturated carbocycles. The highest BCUT2D eigenvalue weighted by molar-refractivity contribution is 6.32.